The minimum Gasteiger partial charge on any atom is -0.505 e. The molecule has 3 rings (SSSR count). The number of benzene rings is 1. The normalized spacial score (nSPS) is 11.0. The number of hydrogen-bond donors (Lipinski definition) is 1. The van der Waals surface area contributed by atoms with E-state index in [2.05, 4.69) is 15.4 Å². The Morgan fingerprint density at radius 2 is 2.08 bits per heavy atom. The van der Waals surface area contributed by atoms with Gasteiger partial charge in [0.15, 0.2) is 11.6 Å². The van der Waals surface area contributed by atoms with E-state index >= 15 is 0 Å². The minimum absolute atomic E-state index is 0.0938. The molecule has 1 N–H and O–H groups in total. The predicted octanol–water partition coefficient (Wildman–Crippen LogP) is 3.47. The summed E-state index contributed by atoms with van der Waals surface area (Å²) in [6.45, 7) is 3.43. The van der Waals surface area contributed by atoms with Gasteiger partial charge in [0.25, 0.3) is 0 Å². The van der Waals surface area contributed by atoms with Crippen LogP contribution in [0, 0.1) is 24.6 Å². The van der Waals surface area contributed by atoms with Crippen LogP contribution in [-0.4, -0.2) is 20.0 Å². The molecule has 24 heavy (non-hydrogen) atoms. The van der Waals surface area contributed by atoms with Crippen LogP contribution in [0.25, 0.3) is 22.4 Å². The van der Waals surface area contributed by atoms with Crippen LogP contribution in [0.15, 0.2) is 27.9 Å². The van der Waals surface area contributed by atoms with Gasteiger partial charge in [-0.2, -0.15) is 10.0 Å². The SMILES string of the molecule is Cc1noc(C)c1-c1c(-c2ccc(O)c(F)c2)nn(C)c1CN=O. The number of phenols is 1. The largest absolute Gasteiger partial charge is 0.505 e. The Bertz CT molecular complexity index is 910. The van der Waals surface area contributed by atoms with Gasteiger partial charge in [-0.15, -0.1) is 0 Å². The summed E-state index contributed by atoms with van der Waals surface area (Å²) in [4.78, 5) is 10.8. The van der Waals surface area contributed by atoms with Gasteiger partial charge in [-0.05, 0) is 32.0 Å². The zero-order chi connectivity index (χ0) is 17.4. The van der Waals surface area contributed by atoms with Crippen LogP contribution < -0.4 is 0 Å². The quantitative estimate of drug-likeness (QED) is 0.739. The molecule has 7 nitrogen and oxygen atoms in total. The van der Waals surface area contributed by atoms with Crippen molar-refractivity contribution in [3.63, 3.8) is 0 Å². The summed E-state index contributed by atoms with van der Waals surface area (Å²) >= 11 is 0. The molecule has 2 aromatic heterocycles. The van der Waals surface area contributed by atoms with Crippen LogP contribution in [0.3, 0.4) is 0 Å². The molecule has 3 aromatic rings. The van der Waals surface area contributed by atoms with Gasteiger partial charge in [0.2, 0.25) is 0 Å². The highest BCUT2D eigenvalue weighted by Crippen LogP contribution is 2.39. The molecule has 0 amide bonds. The summed E-state index contributed by atoms with van der Waals surface area (Å²) in [6, 6.07) is 4.01. The van der Waals surface area contributed by atoms with Crippen LogP contribution >= 0.6 is 0 Å². The van der Waals surface area contributed by atoms with Crippen molar-refractivity contribution in [2.45, 2.75) is 20.4 Å². The maximum atomic E-state index is 13.8. The second-order valence-electron chi connectivity index (χ2n) is 5.45. The van der Waals surface area contributed by atoms with Crippen LogP contribution in [0.4, 0.5) is 4.39 Å². The van der Waals surface area contributed by atoms with Crippen LogP contribution in [0.5, 0.6) is 5.75 Å². The van der Waals surface area contributed by atoms with Gasteiger partial charge in [-0.25, -0.2) is 4.39 Å². The highest BCUT2D eigenvalue weighted by Gasteiger charge is 2.25. The Hall–Kier alpha value is -3.03. The van der Waals surface area contributed by atoms with Gasteiger partial charge in [0.1, 0.15) is 18.0 Å². The number of aromatic hydroxyl groups is 1. The van der Waals surface area contributed by atoms with E-state index in [4.69, 9.17) is 4.52 Å². The highest BCUT2D eigenvalue weighted by atomic mass is 19.1. The Morgan fingerprint density at radius 1 is 1.33 bits per heavy atom. The van der Waals surface area contributed by atoms with E-state index in [-0.39, 0.29) is 6.54 Å². The molecule has 0 saturated carbocycles. The molecule has 0 bridgehead atoms. The van der Waals surface area contributed by atoms with Crippen molar-refractivity contribution in [2.24, 2.45) is 12.2 Å². The third kappa shape index (κ3) is 2.45. The first-order valence-corrected chi connectivity index (χ1v) is 7.21. The second kappa shape index (κ2) is 5.88. The van der Waals surface area contributed by atoms with Gasteiger partial charge in [-0.1, -0.05) is 10.3 Å². The standard InChI is InChI=1S/C16H15FN4O3/c1-8-14(9(2)24-20-8)15-12(7-18-23)21(3)19-16(15)10-4-5-13(22)11(17)6-10/h4-6,22H,7H2,1-3H3. The van der Waals surface area contributed by atoms with Gasteiger partial charge in [0, 0.05) is 18.2 Å². The molecule has 0 aliphatic carbocycles. The van der Waals surface area contributed by atoms with Gasteiger partial charge >= 0.3 is 0 Å². The number of aromatic nitrogens is 3. The molecule has 0 radical (unpaired) electrons. The lowest BCUT2D eigenvalue weighted by molar-refractivity contribution is 0.393. The average Bonchev–Trinajstić information content (AvgIpc) is 3.03. The third-order valence-electron chi connectivity index (χ3n) is 3.88. The molecule has 0 aliphatic heterocycles. The first kappa shape index (κ1) is 15.9. The summed E-state index contributed by atoms with van der Waals surface area (Å²) in [5.41, 5.74) is 3.46. The Balaban J connectivity index is 2.32. The van der Waals surface area contributed by atoms with Gasteiger partial charge in [0.05, 0.1) is 17.0 Å². The van der Waals surface area contributed by atoms with E-state index in [0.29, 0.717) is 39.5 Å². The number of halogens is 1. The van der Waals surface area contributed by atoms with Gasteiger partial charge < -0.3 is 9.63 Å². The summed E-state index contributed by atoms with van der Waals surface area (Å²) < 4.78 is 20.5. The van der Waals surface area contributed by atoms with Crippen LogP contribution in [-0.2, 0) is 13.6 Å². The minimum atomic E-state index is -0.752. The molecule has 124 valence electrons. The zero-order valence-corrected chi connectivity index (χ0v) is 13.4. The molecule has 2 heterocycles. The molecule has 0 atom stereocenters. The molecule has 0 spiro atoms. The molecule has 0 saturated heterocycles. The van der Waals surface area contributed by atoms with E-state index in [9.17, 15) is 14.4 Å². The van der Waals surface area contributed by atoms with Gasteiger partial charge in [-0.3, -0.25) is 4.68 Å². The number of rotatable bonds is 4. The summed E-state index contributed by atoms with van der Waals surface area (Å²) in [6.07, 6.45) is 0. The fourth-order valence-corrected chi connectivity index (χ4v) is 2.76. The Morgan fingerprint density at radius 3 is 2.67 bits per heavy atom. The molecule has 0 unspecified atom stereocenters. The van der Waals surface area contributed by atoms with Crippen molar-refractivity contribution < 1.29 is 14.0 Å². The van der Waals surface area contributed by atoms with E-state index in [1.165, 1.54) is 16.8 Å². The summed E-state index contributed by atoms with van der Waals surface area (Å²) in [5, 5.41) is 20.7. The molecular formula is C16H15FN4O3. The van der Waals surface area contributed by atoms with E-state index in [1.54, 1.807) is 27.0 Å². The predicted molar refractivity (Wildman–Crippen MR) is 84.7 cm³/mol. The van der Waals surface area contributed by atoms with Crippen LogP contribution in [0.2, 0.25) is 0 Å². The molecular weight excluding hydrogens is 315 g/mol. The lowest BCUT2D eigenvalue weighted by Crippen LogP contribution is -1.98. The monoisotopic (exact) mass is 330 g/mol. The first-order valence-electron chi connectivity index (χ1n) is 7.21. The maximum absolute atomic E-state index is 13.8. The molecule has 1 aromatic carbocycles. The smallest absolute Gasteiger partial charge is 0.165 e. The lowest BCUT2D eigenvalue weighted by Gasteiger charge is -2.05. The fourth-order valence-electron chi connectivity index (χ4n) is 2.76. The highest BCUT2D eigenvalue weighted by molar-refractivity contribution is 5.84. The second-order valence-corrected chi connectivity index (χ2v) is 5.45. The molecule has 0 fully saturated rings. The van der Waals surface area contributed by atoms with Crippen molar-refractivity contribution >= 4 is 0 Å². The first-order chi connectivity index (χ1) is 11.4. The fraction of sp³-hybridized carbons (Fsp3) is 0.250. The van der Waals surface area contributed by atoms with Crippen molar-refractivity contribution in [3.05, 3.63) is 46.1 Å². The number of aryl methyl sites for hydroxylation is 3. The Kier molecular flexibility index (Phi) is 3.88. The number of hydrogen-bond acceptors (Lipinski definition) is 6. The van der Waals surface area contributed by atoms with Crippen molar-refractivity contribution in [3.8, 4) is 28.1 Å². The molecule has 0 aliphatic rings. The van der Waals surface area contributed by atoms with E-state index < -0.39 is 11.6 Å². The third-order valence-corrected chi connectivity index (χ3v) is 3.88. The van der Waals surface area contributed by atoms with Crippen LogP contribution in [0.1, 0.15) is 17.1 Å². The average molecular weight is 330 g/mol. The Labute approximate surface area is 136 Å². The van der Waals surface area contributed by atoms with Crippen molar-refractivity contribution in [1.82, 2.24) is 14.9 Å². The van der Waals surface area contributed by atoms with E-state index in [0.717, 1.165) is 0 Å². The number of nitroso groups, excluding NO2 is 1. The zero-order valence-electron chi connectivity index (χ0n) is 13.4. The van der Waals surface area contributed by atoms with Crippen molar-refractivity contribution in [2.75, 3.05) is 0 Å². The van der Waals surface area contributed by atoms with Crippen molar-refractivity contribution in [1.29, 1.82) is 0 Å². The summed E-state index contributed by atoms with van der Waals surface area (Å²) in [5.74, 6) is -0.630. The maximum Gasteiger partial charge on any atom is 0.165 e. The topological polar surface area (TPSA) is 93.5 Å². The number of nitrogens with zero attached hydrogens (tertiary/aromatic N) is 4. The molecule has 8 heteroatoms. The summed E-state index contributed by atoms with van der Waals surface area (Å²) in [7, 11) is 1.68. The lowest BCUT2D eigenvalue weighted by atomic mass is 9.97. The van der Waals surface area contributed by atoms with E-state index in [1.807, 2.05) is 0 Å². The number of phenolic OH excluding ortho intramolecular Hbond substituents is 1.